The number of rotatable bonds is 6. The molecule has 1 saturated heterocycles. The normalized spacial score (nSPS) is 14.3. The van der Waals surface area contributed by atoms with Gasteiger partial charge in [-0.25, -0.2) is 4.39 Å². The van der Waals surface area contributed by atoms with E-state index in [1.807, 2.05) is 0 Å². The molecule has 0 bridgehead atoms. The highest BCUT2D eigenvalue weighted by atomic mass is 19.1. The van der Waals surface area contributed by atoms with E-state index >= 15 is 0 Å². The number of aromatic nitrogens is 2. The molecule has 168 valence electrons. The van der Waals surface area contributed by atoms with Crippen LogP contribution in [0.2, 0.25) is 0 Å². The molecule has 1 aromatic heterocycles. The molecular weight excluding hydrogens is 417 g/mol. The molecule has 0 unspecified atom stereocenters. The number of hydrogen-bond acceptors (Lipinski definition) is 7. The van der Waals surface area contributed by atoms with Gasteiger partial charge in [0.1, 0.15) is 5.82 Å². The Labute approximate surface area is 184 Å². The molecular formula is C23H24FN3O5. The molecule has 32 heavy (non-hydrogen) atoms. The molecule has 0 N–H and O–H groups in total. The molecule has 1 aliphatic rings. The lowest BCUT2D eigenvalue weighted by molar-refractivity contribution is 0.0703. The largest absolute Gasteiger partial charge is 0.493 e. The van der Waals surface area contributed by atoms with Crippen LogP contribution in [0.4, 0.5) is 4.39 Å². The zero-order valence-corrected chi connectivity index (χ0v) is 18.1. The third kappa shape index (κ3) is 4.10. The third-order valence-corrected chi connectivity index (χ3v) is 5.60. The Bertz CT molecular complexity index is 1080. The van der Waals surface area contributed by atoms with Crippen molar-refractivity contribution < 1.29 is 27.9 Å². The first-order chi connectivity index (χ1) is 15.5. The van der Waals surface area contributed by atoms with Crippen LogP contribution in [0.1, 0.15) is 35.0 Å². The van der Waals surface area contributed by atoms with Crippen molar-refractivity contribution >= 4 is 5.91 Å². The molecule has 0 aliphatic carbocycles. The van der Waals surface area contributed by atoms with Gasteiger partial charge < -0.3 is 23.6 Å². The van der Waals surface area contributed by atoms with Gasteiger partial charge >= 0.3 is 0 Å². The van der Waals surface area contributed by atoms with Gasteiger partial charge in [0.15, 0.2) is 11.5 Å². The molecule has 0 saturated carbocycles. The lowest BCUT2D eigenvalue weighted by atomic mass is 9.96. The summed E-state index contributed by atoms with van der Waals surface area (Å²) in [4.78, 5) is 19.2. The minimum absolute atomic E-state index is 0.00649. The van der Waals surface area contributed by atoms with Crippen molar-refractivity contribution in [2.24, 2.45) is 0 Å². The molecule has 3 aromatic rings. The van der Waals surface area contributed by atoms with Crippen LogP contribution in [0, 0.1) is 5.82 Å². The zero-order valence-electron chi connectivity index (χ0n) is 18.1. The predicted octanol–water partition coefficient (Wildman–Crippen LogP) is 3.92. The van der Waals surface area contributed by atoms with Gasteiger partial charge in [-0.3, -0.25) is 4.79 Å². The van der Waals surface area contributed by atoms with Crippen molar-refractivity contribution in [2.75, 3.05) is 34.4 Å². The SMILES string of the molecule is COc1cc(C(=O)N2CCC(c3nc(-c4ccccc4F)no3)CC2)cc(OC)c1OC. The fraction of sp³-hybridized carbons (Fsp3) is 0.348. The van der Waals surface area contributed by atoms with E-state index in [4.69, 9.17) is 18.7 Å². The number of amides is 1. The quantitative estimate of drug-likeness (QED) is 0.573. The highest BCUT2D eigenvalue weighted by Crippen LogP contribution is 2.39. The van der Waals surface area contributed by atoms with Crippen LogP contribution in [-0.2, 0) is 0 Å². The molecule has 0 radical (unpaired) electrons. The lowest BCUT2D eigenvalue weighted by Crippen LogP contribution is -2.38. The van der Waals surface area contributed by atoms with E-state index in [1.165, 1.54) is 27.4 Å². The number of benzene rings is 2. The molecule has 2 heterocycles. The van der Waals surface area contributed by atoms with Crippen LogP contribution in [0.3, 0.4) is 0 Å². The molecule has 4 rings (SSSR count). The van der Waals surface area contributed by atoms with Gasteiger partial charge in [-0.2, -0.15) is 4.98 Å². The van der Waals surface area contributed by atoms with Crippen LogP contribution in [-0.4, -0.2) is 55.4 Å². The highest BCUT2D eigenvalue weighted by molar-refractivity contribution is 5.95. The smallest absolute Gasteiger partial charge is 0.254 e. The summed E-state index contributed by atoms with van der Waals surface area (Å²) in [5.74, 6) is 1.47. The highest BCUT2D eigenvalue weighted by Gasteiger charge is 2.29. The second-order valence-electron chi connectivity index (χ2n) is 7.42. The van der Waals surface area contributed by atoms with Crippen LogP contribution in [0.25, 0.3) is 11.4 Å². The fourth-order valence-corrected chi connectivity index (χ4v) is 3.87. The van der Waals surface area contributed by atoms with Crippen LogP contribution < -0.4 is 14.2 Å². The lowest BCUT2D eigenvalue weighted by Gasteiger charge is -2.30. The van der Waals surface area contributed by atoms with E-state index < -0.39 is 5.82 Å². The summed E-state index contributed by atoms with van der Waals surface area (Å²) >= 11 is 0. The van der Waals surface area contributed by atoms with Crippen molar-refractivity contribution in [3.05, 3.63) is 53.7 Å². The van der Waals surface area contributed by atoms with Gasteiger partial charge in [-0.15, -0.1) is 0 Å². The van der Waals surface area contributed by atoms with Gasteiger partial charge in [0.25, 0.3) is 5.91 Å². The maximum absolute atomic E-state index is 14.0. The van der Waals surface area contributed by atoms with Gasteiger partial charge in [-0.05, 0) is 37.1 Å². The number of methoxy groups -OCH3 is 3. The van der Waals surface area contributed by atoms with Crippen molar-refractivity contribution in [1.82, 2.24) is 15.0 Å². The summed E-state index contributed by atoms with van der Waals surface area (Å²) in [5.41, 5.74) is 0.759. The first-order valence-corrected chi connectivity index (χ1v) is 10.2. The van der Waals surface area contributed by atoms with E-state index in [1.54, 1.807) is 35.2 Å². The Balaban J connectivity index is 1.45. The van der Waals surface area contributed by atoms with E-state index in [-0.39, 0.29) is 17.6 Å². The average molecular weight is 441 g/mol. The van der Waals surface area contributed by atoms with Crippen LogP contribution >= 0.6 is 0 Å². The average Bonchev–Trinajstić information content (AvgIpc) is 3.33. The molecule has 1 amide bonds. The first kappa shape index (κ1) is 21.6. The second kappa shape index (κ2) is 9.25. The number of nitrogens with zero attached hydrogens (tertiary/aromatic N) is 3. The van der Waals surface area contributed by atoms with E-state index in [9.17, 15) is 9.18 Å². The van der Waals surface area contributed by atoms with Crippen LogP contribution in [0.15, 0.2) is 40.9 Å². The maximum atomic E-state index is 14.0. The van der Waals surface area contributed by atoms with E-state index in [2.05, 4.69) is 10.1 Å². The molecule has 9 heteroatoms. The second-order valence-corrected chi connectivity index (χ2v) is 7.42. The predicted molar refractivity (Wildman–Crippen MR) is 114 cm³/mol. The van der Waals surface area contributed by atoms with E-state index in [0.717, 1.165) is 0 Å². The van der Waals surface area contributed by atoms with Gasteiger partial charge in [-0.1, -0.05) is 17.3 Å². The van der Waals surface area contributed by atoms with E-state index in [0.29, 0.717) is 60.2 Å². The van der Waals surface area contributed by atoms with Crippen LogP contribution in [0.5, 0.6) is 17.2 Å². The summed E-state index contributed by atoms with van der Waals surface area (Å²) in [6.45, 7) is 1.05. The molecule has 8 nitrogen and oxygen atoms in total. The molecule has 0 spiro atoms. The number of halogens is 1. The Morgan fingerprint density at radius 1 is 1.06 bits per heavy atom. The Hall–Kier alpha value is -3.62. The van der Waals surface area contributed by atoms with Gasteiger partial charge in [0.05, 0.1) is 26.9 Å². The Kier molecular flexibility index (Phi) is 6.25. The number of ether oxygens (including phenoxy) is 3. The maximum Gasteiger partial charge on any atom is 0.254 e. The van der Waals surface area contributed by atoms with Gasteiger partial charge in [0, 0.05) is 24.6 Å². The minimum Gasteiger partial charge on any atom is -0.493 e. The third-order valence-electron chi connectivity index (χ3n) is 5.60. The zero-order chi connectivity index (χ0) is 22.7. The standard InChI is InChI=1S/C23H24FN3O5/c1-29-18-12-15(13-19(30-2)20(18)31-3)23(28)27-10-8-14(9-11-27)22-25-21(26-32-22)16-6-4-5-7-17(16)24/h4-7,12-14H,8-11H2,1-3H3. The summed E-state index contributed by atoms with van der Waals surface area (Å²) in [7, 11) is 4.54. The summed E-state index contributed by atoms with van der Waals surface area (Å²) in [6.07, 6.45) is 1.32. The number of piperidine rings is 1. The monoisotopic (exact) mass is 441 g/mol. The number of hydrogen-bond donors (Lipinski definition) is 0. The van der Waals surface area contributed by atoms with Crippen molar-refractivity contribution in [2.45, 2.75) is 18.8 Å². The Morgan fingerprint density at radius 3 is 2.31 bits per heavy atom. The van der Waals surface area contributed by atoms with Crippen molar-refractivity contribution in [1.29, 1.82) is 0 Å². The van der Waals surface area contributed by atoms with Crippen molar-refractivity contribution in [3.8, 4) is 28.6 Å². The summed E-state index contributed by atoms with van der Waals surface area (Å²) < 4.78 is 35.4. The Morgan fingerprint density at radius 2 is 1.72 bits per heavy atom. The van der Waals surface area contributed by atoms with Crippen molar-refractivity contribution in [3.63, 3.8) is 0 Å². The fourth-order valence-electron chi connectivity index (χ4n) is 3.87. The molecule has 1 fully saturated rings. The molecule has 0 atom stereocenters. The topological polar surface area (TPSA) is 86.9 Å². The number of carbonyl (C=O) groups is 1. The molecule has 2 aromatic carbocycles. The van der Waals surface area contributed by atoms with Gasteiger partial charge in [0.2, 0.25) is 17.5 Å². The number of carbonyl (C=O) groups excluding carboxylic acids is 1. The number of likely N-dealkylation sites (tertiary alicyclic amines) is 1. The minimum atomic E-state index is -0.398. The summed E-state index contributed by atoms with van der Waals surface area (Å²) in [5, 5.41) is 3.93. The summed E-state index contributed by atoms with van der Waals surface area (Å²) in [6, 6.07) is 9.60. The molecule has 1 aliphatic heterocycles. The first-order valence-electron chi connectivity index (χ1n) is 10.2.